The number of pyridine rings is 1. The molecule has 3 aromatic rings. The summed E-state index contributed by atoms with van der Waals surface area (Å²) in [7, 11) is 0. The summed E-state index contributed by atoms with van der Waals surface area (Å²) in [4.78, 5) is 4.81. The van der Waals surface area contributed by atoms with Crippen LogP contribution in [0.5, 0.6) is 11.5 Å². The molecule has 0 amide bonds. The van der Waals surface area contributed by atoms with Gasteiger partial charge in [0.05, 0.1) is 0 Å². The molecule has 1 aliphatic carbocycles. The first-order chi connectivity index (χ1) is 10.3. The predicted molar refractivity (Wildman–Crippen MR) is 84.7 cm³/mol. The van der Waals surface area contributed by atoms with Crippen molar-refractivity contribution in [3.05, 3.63) is 59.8 Å². The van der Waals surface area contributed by atoms with Crippen LogP contribution in [0.15, 0.2) is 48.5 Å². The van der Waals surface area contributed by atoms with E-state index < -0.39 is 0 Å². The number of aryl methyl sites for hydroxylation is 1. The Morgan fingerprint density at radius 2 is 1.81 bits per heavy atom. The zero-order chi connectivity index (χ0) is 14.2. The second-order valence-electron chi connectivity index (χ2n) is 5.37. The highest BCUT2D eigenvalue weighted by Gasteiger charge is 2.19. The monoisotopic (exact) mass is 276 g/mol. The van der Waals surface area contributed by atoms with Crippen molar-refractivity contribution >= 4 is 16.6 Å². The van der Waals surface area contributed by atoms with E-state index in [-0.39, 0.29) is 0 Å². The third-order valence-corrected chi connectivity index (χ3v) is 4.02. The Bertz CT molecular complexity index is 812. The Balaban J connectivity index is 1.88. The number of anilines is 1. The minimum absolute atomic E-state index is 0.764. The molecule has 2 aromatic carbocycles. The fourth-order valence-electron chi connectivity index (χ4n) is 2.99. The molecule has 4 rings (SSSR count). The molecule has 21 heavy (non-hydrogen) atoms. The van der Waals surface area contributed by atoms with Crippen LogP contribution in [-0.2, 0) is 12.8 Å². The van der Waals surface area contributed by atoms with E-state index in [4.69, 9.17) is 15.5 Å². The SMILES string of the molecule is Nc1c2c(nc3c(Oc4ccccc4)cccc13)CCC2. The summed E-state index contributed by atoms with van der Waals surface area (Å²) in [5.74, 6) is 1.57. The van der Waals surface area contributed by atoms with E-state index in [0.717, 1.165) is 53.0 Å². The van der Waals surface area contributed by atoms with Crippen molar-refractivity contribution in [2.75, 3.05) is 5.73 Å². The van der Waals surface area contributed by atoms with Gasteiger partial charge >= 0.3 is 0 Å². The van der Waals surface area contributed by atoms with Crippen LogP contribution < -0.4 is 10.5 Å². The molecule has 0 fully saturated rings. The zero-order valence-corrected chi connectivity index (χ0v) is 11.7. The lowest BCUT2D eigenvalue weighted by Crippen LogP contribution is -1.99. The van der Waals surface area contributed by atoms with Gasteiger partial charge in [-0.15, -0.1) is 0 Å². The van der Waals surface area contributed by atoms with Crippen molar-refractivity contribution in [3.8, 4) is 11.5 Å². The number of aromatic nitrogens is 1. The van der Waals surface area contributed by atoms with Gasteiger partial charge in [-0.2, -0.15) is 0 Å². The molecule has 1 aromatic heterocycles. The molecule has 0 atom stereocenters. The van der Waals surface area contributed by atoms with Crippen LogP contribution >= 0.6 is 0 Å². The van der Waals surface area contributed by atoms with Crippen LogP contribution in [-0.4, -0.2) is 4.98 Å². The molecule has 1 heterocycles. The molecule has 0 bridgehead atoms. The second-order valence-corrected chi connectivity index (χ2v) is 5.37. The Labute approximate surface area is 123 Å². The standard InChI is InChI=1S/C18H16N2O/c19-17-13-8-4-10-15(13)20-18-14(17)9-5-11-16(18)21-12-6-2-1-3-7-12/h1-3,5-7,9,11H,4,8,10H2,(H2,19,20). The number of ether oxygens (including phenoxy) is 1. The van der Waals surface area contributed by atoms with E-state index in [1.165, 1.54) is 5.56 Å². The lowest BCUT2D eigenvalue weighted by Gasteiger charge is -2.12. The maximum atomic E-state index is 6.34. The van der Waals surface area contributed by atoms with Crippen molar-refractivity contribution in [3.63, 3.8) is 0 Å². The molecular weight excluding hydrogens is 260 g/mol. The van der Waals surface area contributed by atoms with Gasteiger partial charge in [0, 0.05) is 16.8 Å². The number of nitrogens with zero attached hydrogens (tertiary/aromatic N) is 1. The molecule has 0 unspecified atom stereocenters. The summed E-state index contributed by atoms with van der Waals surface area (Å²) in [6.07, 6.45) is 3.18. The van der Waals surface area contributed by atoms with E-state index in [9.17, 15) is 0 Å². The molecule has 3 nitrogen and oxygen atoms in total. The van der Waals surface area contributed by atoms with Crippen molar-refractivity contribution in [2.24, 2.45) is 0 Å². The smallest absolute Gasteiger partial charge is 0.153 e. The number of benzene rings is 2. The Morgan fingerprint density at radius 3 is 2.67 bits per heavy atom. The number of hydrogen-bond acceptors (Lipinski definition) is 3. The van der Waals surface area contributed by atoms with Crippen LogP contribution in [0.25, 0.3) is 10.9 Å². The molecule has 1 aliphatic rings. The van der Waals surface area contributed by atoms with E-state index in [0.29, 0.717) is 0 Å². The number of rotatable bonds is 2. The van der Waals surface area contributed by atoms with Crippen molar-refractivity contribution in [2.45, 2.75) is 19.3 Å². The predicted octanol–water partition coefficient (Wildman–Crippen LogP) is 4.10. The van der Waals surface area contributed by atoms with Gasteiger partial charge in [0.25, 0.3) is 0 Å². The molecule has 104 valence electrons. The average Bonchev–Trinajstić information content (AvgIpc) is 2.98. The van der Waals surface area contributed by atoms with E-state index in [2.05, 4.69) is 0 Å². The van der Waals surface area contributed by atoms with Gasteiger partial charge < -0.3 is 10.5 Å². The number of fused-ring (bicyclic) bond motifs is 2. The first-order valence-corrected chi connectivity index (χ1v) is 7.26. The second kappa shape index (κ2) is 4.77. The van der Waals surface area contributed by atoms with Gasteiger partial charge in [-0.1, -0.05) is 30.3 Å². The molecule has 3 heteroatoms. The third-order valence-electron chi connectivity index (χ3n) is 4.02. The van der Waals surface area contributed by atoms with Crippen LogP contribution in [0.1, 0.15) is 17.7 Å². The number of hydrogen-bond donors (Lipinski definition) is 1. The normalized spacial score (nSPS) is 13.3. The van der Waals surface area contributed by atoms with Gasteiger partial charge in [-0.3, -0.25) is 0 Å². The van der Waals surface area contributed by atoms with Crippen molar-refractivity contribution in [1.82, 2.24) is 4.98 Å². The summed E-state index contributed by atoms with van der Waals surface area (Å²) in [6, 6.07) is 15.7. The maximum absolute atomic E-state index is 6.34. The maximum Gasteiger partial charge on any atom is 0.153 e. The van der Waals surface area contributed by atoms with Crippen LogP contribution in [0.3, 0.4) is 0 Å². The molecule has 0 saturated heterocycles. The van der Waals surface area contributed by atoms with E-state index in [1.54, 1.807) is 0 Å². The fourth-order valence-corrected chi connectivity index (χ4v) is 2.99. The minimum atomic E-state index is 0.764. The van der Waals surface area contributed by atoms with Gasteiger partial charge in [-0.25, -0.2) is 4.98 Å². The number of para-hydroxylation sites is 2. The van der Waals surface area contributed by atoms with E-state index >= 15 is 0 Å². The van der Waals surface area contributed by atoms with Gasteiger partial charge in [0.1, 0.15) is 11.3 Å². The Morgan fingerprint density at radius 1 is 0.952 bits per heavy atom. The van der Waals surface area contributed by atoms with Crippen molar-refractivity contribution < 1.29 is 4.74 Å². The molecule has 0 spiro atoms. The molecule has 0 saturated carbocycles. The minimum Gasteiger partial charge on any atom is -0.455 e. The summed E-state index contributed by atoms with van der Waals surface area (Å²) in [5, 5.41) is 0.990. The van der Waals surface area contributed by atoms with Crippen LogP contribution in [0.4, 0.5) is 5.69 Å². The van der Waals surface area contributed by atoms with Crippen molar-refractivity contribution in [1.29, 1.82) is 0 Å². The topological polar surface area (TPSA) is 48.1 Å². The summed E-state index contributed by atoms with van der Waals surface area (Å²) < 4.78 is 5.99. The summed E-state index contributed by atoms with van der Waals surface area (Å²) in [6.45, 7) is 0. The third kappa shape index (κ3) is 2.02. The van der Waals surface area contributed by atoms with Gasteiger partial charge in [0.2, 0.25) is 0 Å². The lowest BCUT2D eigenvalue weighted by molar-refractivity contribution is 0.487. The Kier molecular flexibility index (Phi) is 2.78. The highest BCUT2D eigenvalue weighted by atomic mass is 16.5. The zero-order valence-electron chi connectivity index (χ0n) is 11.7. The first kappa shape index (κ1) is 12.2. The highest BCUT2D eigenvalue weighted by molar-refractivity contribution is 5.96. The highest BCUT2D eigenvalue weighted by Crippen LogP contribution is 2.36. The fraction of sp³-hybridized carbons (Fsp3) is 0.167. The molecular formula is C18H16N2O. The van der Waals surface area contributed by atoms with Gasteiger partial charge in [-0.05, 0) is 43.0 Å². The van der Waals surface area contributed by atoms with Crippen LogP contribution in [0, 0.1) is 0 Å². The Hall–Kier alpha value is -2.55. The first-order valence-electron chi connectivity index (χ1n) is 7.26. The average molecular weight is 276 g/mol. The summed E-state index contributed by atoms with van der Waals surface area (Å²) >= 11 is 0. The molecule has 0 aliphatic heterocycles. The molecule has 0 radical (unpaired) electrons. The largest absolute Gasteiger partial charge is 0.455 e. The van der Waals surface area contributed by atoms with Crippen LogP contribution in [0.2, 0.25) is 0 Å². The summed E-state index contributed by atoms with van der Waals surface area (Å²) in [5.41, 5.74) is 10.4. The van der Waals surface area contributed by atoms with Gasteiger partial charge in [0.15, 0.2) is 5.75 Å². The molecule has 2 N–H and O–H groups in total. The lowest BCUT2D eigenvalue weighted by atomic mass is 10.1. The number of nitrogen functional groups attached to an aromatic ring is 1. The number of nitrogens with two attached hydrogens (primary N) is 1. The quantitative estimate of drug-likeness (QED) is 0.766. The van der Waals surface area contributed by atoms with E-state index in [1.807, 2.05) is 48.5 Å².